The van der Waals surface area contributed by atoms with Crippen LogP contribution >= 0.6 is 0 Å². The van der Waals surface area contributed by atoms with Crippen LogP contribution in [0.3, 0.4) is 0 Å². The van der Waals surface area contributed by atoms with Gasteiger partial charge >= 0.3 is 0 Å². The van der Waals surface area contributed by atoms with Crippen LogP contribution in [-0.4, -0.2) is 50.9 Å². The summed E-state index contributed by atoms with van der Waals surface area (Å²) in [6, 6.07) is 17.5. The van der Waals surface area contributed by atoms with Crippen LogP contribution in [0.2, 0.25) is 0 Å². The highest BCUT2D eigenvalue weighted by Gasteiger charge is 2.34. The Hall–Kier alpha value is -3.92. The first-order valence-corrected chi connectivity index (χ1v) is 14.5. The van der Waals surface area contributed by atoms with Gasteiger partial charge in [0.15, 0.2) is 0 Å². The summed E-state index contributed by atoms with van der Waals surface area (Å²) < 4.78 is 48.9. The molecular weight excluding hydrogens is 533 g/mol. The van der Waals surface area contributed by atoms with Gasteiger partial charge in [-0.3, -0.25) is 13.9 Å². The predicted octanol–water partition coefficient (Wildman–Crippen LogP) is 4.67. The van der Waals surface area contributed by atoms with Gasteiger partial charge in [-0.1, -0.05) is 55.0 Å². The van der Waals surface area contributed by atoms with Crippen LogP contribution < -0.4 is 14.4 Å². The summed E-state index contributed by atoms with van der Waals surface area (Å²) in [4.78, 5) is 28.2. The number of benzene rings is 3. The third-order valence-corrected chi connectivity index (χ3v) is 8.48. The van der Waals surface area contributed by atoms with Gasteiger partial charge in [-0.05, 0) is 57.5 Å². The fourth-order valence-electron chi connectivity index (χ4n) is 4.04. The number of methoxy groups -OCH3 is 1. The number of hydrogen-bond acceptors (Lipinski definition) is 5. The highest BCUT2D eigenvalue weighted by molar-refractivity contribution is 7.92. The number of carbonyl (C=O) groups excluding carboxylic acids is 2. The molecule has 10 heteroatoms. The summed E-state index contributed by atoms with van der Waals surface area (Å²) in [6.07, 6.45) is 0.677. The molecule has 3 aromatic carbocycles. The number of anilines is 1. The van der Waals surface area contributed by atoms with E-state index in [-0.39, 0.29) is 34.5 Å². The minimum atomic E-state index is -4.25. The van der Waals surface area contributed by atoms with Gasteiger partial charge in [0.25, 0.3) is 10.0 Å². The summed E-state index contributed by atoms with van der Waals surface area (Å²) in [5.74, 6) is -1.40. The standard InChI is InChI=1S/C30H36FN3O5S/c1-6-22(3)32-30(36)23(4)33(19-24-11-7-8-12-26(24)31)29(35)20-34(27-13-9-10-14-28(27)39-5)40(37,38)25-17-15-21(2)16-18-25/h7-18,22-23H,6,19-20H2,1-5H3,(H,32,36)/t22-,23-/m1/s1. The van der Waals surface area contributed by atoms with Gasteiger partial charge < -0.3 is 15.0 Å². The zero-order chi connectivity index (χ0) is 29.4. The van der Waals surface area contributed by atoms with Crippen molar-refractivity contribution < 1.29 is 27.1 Å². The van der Waals surface area contributed by atoms with Crippen molar-refractivity contribution in [3.63, 3.8) is 0 Å². The molecule has 2 atom stereocenters. The van der Waals surface area contributed by atoms with Crippen LogP contribution in [0.1, 0.15) is 38.3 Å². The molecule has 0 fully saturated rings. The van der Waals surface area contributed by atoms with Gasteiger partial charge in [0.1, 0.15) is 24.2 Å². The van der Waals surface area contributed by atoms with Crippen molar-refractivity contribution in [2.75, 3.05) is 18.0 Å². The number of aryl methyl sites for hydroxylation is 1. The average Bonchev–Trinajstić information content (AvgIpc) is 2.95. The molecule has 0 aliphatic carbocycles. The van der Waals surface area contributed by atoms with Crippen LogP contribution in [0.25, 0.3) is 0 Å². The van der Waals surface area contributed by atoms with Crippen molar-refractivity contribution in [3.8, 4) is 5.75 Å². The Kier molecular flexibility index (Phi) is 10.3. The molecule has 3 rings (SSSR count). The van der Waals surface area contributed by atoms with E-state index >= 15 is 0 Å². The molecule has 40 heavy (non-hydrogen) atoms. The lowest BCUT2D eigenvalue weighted by Crippen LogP contribution is -2.52. The molecule has 8 nitrogen and oxygen atoms in total. The molecule has 0 bridgehead atoms. The maximum Gasteiger partial charge on any atom is 0.264 e. The third kappa shape index (κ3) is 7.18. The monoisotopic (exact) mass is 569 g/mol. The van der Waals surface area contributed by atoms with E-state index in [1.165, 1.54) is 48.4 Å². The normalized spacial score (nSPS) is 12.8. The lowest BCUT2D eigenvalue weighted by atomic mass is 10.1. The van der Waals surface area contributed by atoms with E-state index in [4.69, 9.17) is 4.74 Å². The Morgan fingerprint density at radius 3 is 2.23 bits per heavy atom. The van der Waals surface area contributed by atoms with E-state index in [9.17, 15) is 22.4 Å². The number of ether oxygens (including phenoxy) is 1. The highest BCUT2D eigenvalue weighted by Crippen LogP contribution is 2.32. The topological polar surface area (TPSA) is 96.0 Å². The largest absolute Gasteiger partial charge is 0.495 e. The molecule has 0 unspecified atom stereocenters. The number of rotatable bonds is 12. The van der Waals surface area contributed by atoms with Crippen molar-refractivity contribution in [1.29, 1.82) is 0 Å². The highest BCUT2D eigenvalue weighted by atomic mass is 32.2. The van der Waals surface area contributed by atoms with Gasteiger partial charge in [0.05, 0.1) is 17.7 Å². The van der Waals surface area contributed by atoms with E-state index in [2.05, 4.69) is 5.32 Å². The number of halogens is 1. The first-order chi connectivity index (χ1) is 19.0. The molecule has 1 N–H and O–H groups in total. The van der Waals surface area contributed by atoms with E-state index in [1.807, 2.05) is 20.8 Å². The van der Waals surface area contributed by atoms with E-state index in [0.717, 1.165) is 9.87 Å². The molecule has 0 saturated carbocycles. The average molecular weight is 570 g/mol. The van der Waals surface area contributed by atoms with Crippen molar-refractivity contribution in [2.45, 2.75) is 57.6 Å². The van der Waals surface area contributed by atoms with Crippen molar-refractivity contribution in [3.05, 3.63) is 89.7 Å². The molecule has 0 spiro atoms. The number of carbonyl (C=O) groups is 2. The van der Waals surface area contributed by atoms with Crippen LogP contribution in [-0.2, 0) is 26.2 Å². The van der Waals surface area contributed by atoms with Crippen LogP contribution in [0.5, 0.6) is 5.75 Å². The second-order valence-corrected chi connectivity index (χ2v) is 11.5. The van der Waals surface area contributed by atoms with Gasteiger partial charge in [0.2, 0.25) is 11.8 Å². The third-order valence-electron chi connectivity index (χ3n) is 6.71. The first-order valence-electron chi connectivity index (χ1n) is 13.0. The molecule has 0 saturated heterocycles. The SMILES string of the molecule is CC[C@@H](C)NC(=O)[C@@H](C)N(Cc1ccccc1F)C(=O)CN(c1ccccc1OC)S(=O)(=O)c1ccc(C)cc1. The Morgan fingerprint density at radius 2 is 1.60 bits per heavy atom. The number of hydrogen-bond donors (Lipinski definition) is 1. The fourth-order valence-corrected chi connectivity index (χ4v) is 5.47. The minimum absolute atomic E-state index is 0.0139. The van der Waals surface area contributed by atoms with Crippen molar-refractivity contribution in [2.24, 2.45) is 0 Å². The fraction of sp³-hybridized carbons (Fsp3) is 0.333. The Balaban J connectivity index is 2.07. The second-order valence-electron chi connectivity index (χ2n) is 9.60. The van der Waals surface area contributed by atoms with E-state index in [1.54, 1.807) is 43.3 Å². The summed E-state index contributed by atoms with van der Waals surface area (Å²) in [7, 11) is -2.84. The number of nitrogens with one attached hydrogen (secondary N) is 1. The molecule has 0 aliphatic heterocycles. The van der Waals surface area contributed by atoms with E-state index < -0.39 is 40.2 Å². The van der Waals surface area contributed by atoms with Gasteiger partial charge in [-0.15, -0.1) is 0 Å². The van der Waals surface area contributed by atoms with Gasteiger partial charge in [-0.2, -0.15) is 0 Å². The molecule has 0 aromatic heterocycles. The number of amides is 2. The lowest BCUT2D eigenvalue weighted by molar-refractivity contribution is -0.139. The van der Waals surface area contributed by atoms with Crippen LogP contribution in [0, 0.1) is 12.7 Å². The van der Waals surface area contributed by atoms with Crippen molar-refractivity contribution in [1.82, 2.24) is 10.2 Å². The van der Waals surface area contributed by atoms with Gasteiger partial charge in [0, 0.05) is 18.2 Å². The number of para-hydroxylation sites is 2. The molecule has 214 valence electrons. The second kappa shape index (κ2) is 13.4. The van der Waals surface area contributed by atoms with E-state index in [0.29, 0.717) is 6.42 Å². The maximum absolute atomic E-state index is 14.7. The molecule has 0 aliphatic rings. The van der Waals surface area contributed by atoms with Gasteiger partial charge in [-0.25, -0.2) is 12.8 Å². The van der Waals surface area contributed by atoms with Crippen LogP contribution in [0.15, 0.2) is 77.7 Å². The molecule has 0 radical (unpaired) electrons. The summed E-state index contributed by atoms with van der Waals surface area (Å²) in [5.41, 5.74) is 1.22. The maximum atomic E-state index is 14.7. The van der Waals surface area contributed by atoms with Crippen LogP contribution in [0.4, 0.5) is 10.1 Å². The Bertz CT molecular complexity index is 1430. The molecule has 0 heterocycles. The number of sulfonamides is 1. The quantitative estimate of drug-likeness (QED) is 0.342. The molecular formula is C30H36FN3O5S. The smallest absolute Gasteiger partial charge is 0.264 e. The molecule has 3 aromatic rings. The first kappa shape index (κ1) is 30.6. The minimum Gasteiger partial charge on any atom is -0.495 e. The summed E-state index contributed by atoms with van der Waals surface area (Å²) >= 11 is 0. The Morgan fingerprint density at radius 1 is 0.975 bits per heavy atom. The Labute approximate surface area is 235 Å². The summed E-state index contributed by atoms with van der Waals surface area (Å²) in [6.45, 7) is 6.25. The summed E-state index contributed by atoms with van der Waals surface area (Å²) in [5, 5.41) is 2.85. The van der Waals surface area contributed by atoms with Crippen molar-refractivity contribution >= 4 is 27.5 Å². The predicted molar refractivity (Wildman–Crippen MR) is 153 cm³/mol. The zero-order valence-electron chi connectivity index (χ0n) is 23.4. The lowest BCUT2D eigenvalue weighted by Gasteiger charge is -2.32. The number of nitrogens with zero attached hydrogens (tertiary/aromatic N) is 2. The zero-order valence-corrected chi connectivity index (χ0v) is 24.2. The molecule has 2 amide bonds.